The molecule has 0 saturated carbocycles. The van der Waals surface area contributed by atoms with Crippen molar-refractivity contribution >= 4 is 5.97 Å². The highest BCUT2D eigenvalue weighted by atomic mass is 16.4. The average Bonchev–Trinajstić information content (AvgIpc) is 2.70. The van der Waals surface area contributed by atoms with Crippen LogP contribution in [0.15, 0.2) is 30.9 Å². The second kappa shape index (κ2) is 3.25. The molecule has 2 aromatic heterocycles. The third-order valence-corrected chi connectivity index (χ3v) is 1.70. The van der Waals surface area contributed by atoms with Gasteiger partial charge in [0.05, 0.1) is 18.1 Å². The quantitative estimate of drug-likeness (QED) is 0.739. The minimum Gasteiger partial charge on any atom is -0.478 e. The van der Waals surface area contributed by atoms with Crippen molar-refractivity contribution < 1.29 is 9.90 Å². The summed E-state index contributed by atoms with van der Waals surface area (Å²) in [5, 5.41) is 16.2. The lowest BCUT2D eigenvalue weighted by Gasteiger charge is -2.02. The molecule has 1 N–H and O–H groups in total. The summed E-state index contributed by atoms with van der Waals surface area (Å²) in [4.78, 5) is 14.5. The maximum absolute atomic E-state index is 10.8. The van der Waals surface area contributed by atoms with Gasteiger partial charge in [0.25, 0.3) is 0 Å². The standard InChI is InChI=1S/C8H6N4O2/c13-8(14)6-5-9-2-1-7(6)12-4-3-10-11-12/h1-5H,(H,13,14). The van der Waals surface area contributed by atoms with Gasteiger partial charge in [-0.25, -0.2) is 9.48 Å². The van der Waals surface area contributed by atoms with E-state index in [4.69, 9.17) is 5.11 Å². The maximum atomic E-state index is 10.8. The van der Waals surface area contributed by atoms with Crippen molar-refractivity contribution in [2.24, 2.45) is 0 Å². The molecule has 0 bridgehead atoms. The number of rotatable bonds is 2. The minimum absolute atomic E-state index is 0.0954. The van der Waals surface area contributed by atoms with E-state index >= 15 is 0 Å². The lowest BCUT2D eigenvalue weighted by atomic mass is 10.2. The normalized spacial score (nSPS) is 10.0. The minimum atomic E-state index is -1.04. The first kappa shape index (κ1) is 8.36. The van der Waals surface area contributed by atoms with E-state index in [1.165, 1.54) is 23.3 Å². The van der Waals surface area contributed by atoms with Crippen molar-refractivity contribution in [1.29, 1.82) is 0 Å². The Balaban J connectivity index is 2.58. The lowest BCUT2D eigenvalue weighted by Crippen LogP contribution is -2.06. The molecular weight excluding hydrogens is 184 g/mol. The molecule has 0 radical (unpaired) electrons. The fourth-order valence-electron chi connectivity index (χ4n) is 1.09. The molecule has 70 valence electrons. The van der Waals surface area contributed by atoms with Crippen LogP contribution in [-0.2, 0) is 0 Å². The van der Waals surface area contributed by atoms with Gasteiger partial charge in [-0.2, -0.15) is 0 Å². The van der Waals surface area contributed by atoms with Crippen molar-refractivity contribution in [2.45, 2.75) is 0 Å². The lowest BCUT2D eigenvalue weighted by molar-refractivity contribution is 0.0696. The van der Waals surface area contributed by atoms with Crippen LogP contribution in [0.3, 0.4) is 0 Å². The number of carboxylic acid groups (broad SMARTS) is 1. The Labute approximate surface area is 78.8 Å². The van der Waals surface area contributed by atoms with Gasteiger partial charge in [0, 0.05) is 12.4 Å². The van der Waals surface area contributed by atoms with Crippen molar-refractivity contribution in [3.63, 3.8) is 0 Å². The van der Waals surface area contributed by atoms with Crippen molar-refractivity contribution in [1.82, 2.24) is 20.0 Å². The summed E-state index contributed by atoms with van der Waals surface area (Å²) in [6.45, 7) is 0. The van der Waals surface area contributed by atoms with Gasteiger partial charge in [-0.3, -0.25) is 4.98 Å². The number of carboxylic acids is 1. The highest BCUT2D eigenvalue weighted by Crippen LogP contribution is 2.10. The highest BCUT2D eigenvalue weighted by molar-refractivity contribution is 5.91. The summed E-state index contributed by atoms with van der Waals surface area (Å²) in [5.41, 5.74) is 0.544. The molecule has 0 aromatic carbocycles. The van der Waals surface area contributed by atoms with E-state index in [0.29, 0.717) is 5.69 Å². The molecule has 0 fully saturated rings. The Kier molecular flexibility index (Phi) is 1.94. The molecule has 0 aliphatic heterocycles. The Hall–Kier alpha value is -2.24. The summed E-state index contributed by atoms with van der Waals surface area (Å²) in [6, 6.07) is 1.57. The molecule has 6 heteroatoms. The molecule has 0 aliphatic rings. The SMILES string of the molecule is O=C(O)c1cnccc1-n1ccnn1. The number of hydrogen-bond donors (Lipinski definition) is 1. The van der Waals surface area contributed by atoms with Crippen LogP contribution in [0.25, 0.3) is 5.69 Å². The predicted octanol–water partition coefficient (Wildman–Crippen LogP) is 0.360. The first-order chi connectivity index (χ1) is 6.79. The molecular formula is C8H6N4O2. The highest BCUT2D eigenvalue weighted by Gasteiger charge is 2.11. The number of hydrogen-bond acceptors (Lipinski definition) is 4. The number of carbonyl (C=O) groups is 1. The van der Waals surface area contributed by atoms with Gasteiger partial charge >= 0.3 is 5.97 Å². The maximum Gasteiger partial charge on any atom is 0.339 e. The van der Waals surface area contributed by atoms with Gasteiger partial charge in [0.15, 0.2) is 0 Å². The van der Waals surface area contributed by atoms with Crippen LogP contribution < -0.4 is 0 Å². The fraction of sp³-hybridized carbons (Fsp3) is 0. The van der Waals surface area contributed by atoms with Crippen molar-refractivity contribution in [3.05, 3.63) is 36.4 Å². The summed E-state index contributed by atoms with van der Waals surface area (Å²) in [6.07, 6.45) is 5.83. The Morgan fingerprint density at radius 1 is 1.43 bits per heavy atom. The zero-order valence-electron chi connectivity index (χ0n) is 7.03. The monoisotopic (exact) mass is 190 g/mol. The van der Waals surface area contributed by atoms with Gasteiger partial charge in [0.1, 0.15) is 5.56 Å². The fourth-order valence-corrected chi connectivity index (χ4v) is 1.09. The third-order valence-electron chi connectivity index (χ3n) is 1.70. The number of pyridine rings is 1. The van der Waals surface area contributed by atoms with E-state index in [0.717, 1.165) is 0 Å². The van der Waals surface area contributed by atoms with E-state index in [1.807, 2.05) is 0 Å². The van der Waals surface area contributed by atoms with Gasteiger partial charge in [-0.15, -0.1) is 5.10 Å². The Morgan fingerprint density at radius 2 is 2.29 bits per heavy atom. The Morgan fingerprint density at radius 3 is 2.93 bits per heavy atom. The van der Waals surface area contributed by atoms with Crippen molar-refractivity contribution in [3.8, 4) is 5.69 Å². The van der Waals surface area contributed by atoms with Crippen molar-refractivity contribution in [2.75, 3.05) is 0 Å². The molecule has 2 rings (SSSR count). The first-order valence-corrected chi connectivity index (χ1v) is 3.83. The van der Waals surface area contributed by atoms with Gasteiger partial charge in [-0.1, -0.05) is 5.21 Å². The zero-order valence-corrected chi connectivity index (χ0v) is 7.03. The second-order valence-electron chi connectivity index (χ2n) is 2.55. The molecule has 14 heavy (non-hydrogen) atoms. The second-order valence-corrected chi connectivity index (χ2v) is 2.55. The van der Waals surface area contributed by atoms with Crippen LogP contribution in [-0.4, -0.2) is 31.1 Å². The topological polar surface area (TPSA) is 80.9 Å². The number of aromatic nitrogens is 4. The smallest absolute Gasteiger partial charge is 0.339 e. The van der Waals surface area contributed by atoms with Crippen LogP contribution in [0.2, 0.25) is 0 Å². The van der Waals surface area contributed by atoms with Crippen LogP contribution in [0.1, 0.15) is 10.4 Å². The average molecular weight is 190 g/mol. The third kappa shape index (κ3) is 1.33. The van der Waals surface area contributed by atoms with E-state index < -0.39 is 5.97 Å². The summed E-state index contributed by atoms with van der Waals surface area (Å²) in [5.74, 6) is -1.04. The summed E-state index contributed by atoms with van der Waals surface area (Å²) >= 11 is 0. The molecule has 0 spiro atoms. The van der Waals surface area contributed by atoms with Gasteiger partial charge in [0.2, 0.25) is 0 Å². The van der Waals surface area contributed by atoms with E-state index in [2.05, 4.69) is 15.3 Å². The first-order valence-electron chi connectivity index (χ1n) is 3.83. The molecule has 0 atom stereocenters. The van der Waals surface area contributed by atoms with Crippen LogP contribution in [0.5, 0.6) is 0 Å². The van der Waals surface area contributed by atoms with Crippen LogP contribution in [0.4, 0.5) is 0 Å². The largest absolute Gasteiger partial charge is 0.478 e. The number of nitrogens with zero attached hydrogens (tertiary/aromatic N) is 4. The molecule has 0 unspecified atom stereocenters. The van der Waals surface area contributed by atoms with E-state index in [9.17, 15) is 4.79 Å². The van der Waals surface area contributed by atoms with Crippen LogP contribution >= 0.6 is 0 Å². The number of aromatic carboxylic acids is 1. The Bertz CT molecular complexity index is 452. The zero-order chi connectivity index (χ0) is 9.97. The van der Waals surface area contributed by atoms with E-state index in [-0.39, 0.29) is 5.56 Å². The molecule has 0 aliphatic carbocycles. The predicted molar refractivity (Wildman–Crippen MR) is 46.1 cm³/mol. The van der Waals surface area contributed by atoms with Gasteiger partial charge in [-0.05, 0) is 6.07 Å². The summed E-state index contributed by atoms with van der Waals surface area (Å²) in [7, 11) is 0. The molecule has 0 amide bonds. The van der Waals surface area contributed by atoms with Crippen LogP contribution in [0, 0.1) is 0 Å². The molecule has 6 nitrogen and oxygen atoms in total. The van der Waals surface area contributed by atoms with Gasteiger partial charge < -0.3 is 5.11 Å². The summed E-state index contributed by atoms with van der Waals surface area (Å²) < 4.78 is 1.38. The molecule has 0 saturated heterocycles. The molecule has 2 heterocycles. The molecule has 2 aromatic rings. The van der Waals surface area contributed by atoms with E-state index in [1.54, 1.807) is 12.3 Å².